The van der Waals surface area contributed by atoms with Gasteiger partial charge in [0.2, 0.25) is 10.0 Å². The van der Waals surface area contributed by atoms with Gasteiger partial charge in [0.25, 0.3) is 5.91 Å². The van der Waals surface area contributed by atoms with Crippen molar-refractivity contribution in [3.8, 4) is 0 Å². The normalized spacial score (nSPS) is 12.5. The molecule has 1 amide bonds. The summed E-state index contributed by atoms with van der Waals surface area (Å²) in [5.41, 5.74) is 4.44. The van der Waals surface area contributed by atoms with E-state index in [9.17, 15) is 13.2 Å². The van der Waals surface area contributed by atoms with Crippen LogP contribution in [0.15, 0.2) is 59.7 Å². The van der Waals surface area contributed by atoms with Gasteiger partial charge in [0, 0.05) is 5.71 Å². The quantitative estimate of drug-likeness (QED) is 0.503. The Morgan fingerprint density at radius 1 is 1.10 bits per heavy atom. The molecule has 1 N–H and O–H groups in total. The fraction of sp³-hybridized carbons (Fsp3) is 0.333. The highest BCUT2D eigenvalue weighted by molar-refractivity contribution is 7.92. The largest absolute Gasteiger partial charge is 0.271 e. The lowest BCUT2D eigenvalue weighted by Gasteiger charge is -2.25. The predicted molar refractivity (Wildman–Crippen MR) is 119 cm³/mol. The molecule has 0 spiro atoms. The second-order valence-corrected chi connectivity index (χ2v) is 9.84. The van der Waals surface area contributed by atoms with Gasteiger partial charge in [0.1, 0.15) is 6.54 Å². The van der Waals surface area contributed by atoms with Crippen molar-refractivity contribution in [1.82, 2.24) is 5.43 Å². The fourth-order valence-corrected chi connectivity index (χ4v) is 4.19. The van der Waals surface area contributed by atoms with E-state index in [1.54, 1.807) is 24.3 Å². The minimum atomic E-state index is -3.70. The summed E-state index contributed by atoms with van der Waals surface area (Å²) in [5, 5.41) is 4.39. The van der Waals surface area contributed by atoms with Gasteiger partial charge in [0.15, 0.2) is 0 Å². The first-order valence-corrected chi connectivity index (χ1v) is 11.3. The smallest absolute Gasteiger partial charge is 0.260 e. The molecule has 29 heavy (non-hydrogen) atoms. The van der Waals surface area contributed by atoms with E-state index in [0.717, 1.165) is 16.3 Å². The zero-order valence-corrected chi connectivity index (χ0v) is 18.6. The maximum Gasteiger partial charge on any atom is 0.260 e. The first-order valence-electron chi connectivity index (χ1n) is 9.10. The lowest BCUT2D eigenvalue weighted by atomic mass is 9.80. The van der Waals surface area contributed by atoms with Gasteiger partial charge in [-0.1, -0.05) is 67.9 Å². The highest BCUT2D eigenvalue weighted by Gasteiger charge is 2.24. The first kappa shape index (κ1) is 22.9. The van der Waals surface area contributed by atoms with E-state index in [1.165, 1.54) is 5.56 Å². The number of nitrogens with one attached hydrogen (secondary N) is 1. The lowest BCUT2D eigenvalue weighted by molar-refractivity contribution is -0.119. The summed E-state index contributed by atoms with van der Waals surface area (Å²) < 4.78 is 25.3. The van der Waals surface area contributed by atoms with Crippen LogP contribution < -0.4 is 9.73 Å². The fourth-order valence-electron chi connectivity index (χ4n) is 3.03. The van der Waals surface area contributed by atoms with Gasteiger partial charge in [-0.15, -0.1) is 0 Å². The van der Waals surface area contributed by atoms with Gasteiger partial charge in [-0.2, -0.15) is 5.10 Å². The van der Waals surface area contributed by atoms with Crippen molar-refractivity contribution >= 4 is 38.9 Å². The molecule has 156 valence electrons. The average molecular weight is 436 g/mol. The van der Waals surface area contributed by atoms with Gasteiger partial charge in [-0.3, -0.25) is 9.10 Å². The third-order valence-electron chi connectivity index (χ3n) is 4.43. The maximum absolute atomic E-state index is 12.4. The van der Waals surface area contributed by atoms with Crippen LogP contribution in [-0.4, -0.2) is 32.8 Å². The number of rotatable bonds is 8. The average Bonchev–Trinajstić information content (AvgIpc) is 2.65. The number of anilines is 1. The predicted octanol–water partition coefficient (Wildman–Crippen LogP) is 3.97. The van der Waals surface area contributed by atoms with Gasteiger partial charge in [-0.25, -0.2) is 13.8 Å². The second-order valence-electron chi connectivity index (χ2n) is 7.53. The highest BCUT2D eigenvalue weighted by atomic mass is 35.5. The molecule has 0 aliphatic carbocycles. The Bertz CT molecular complexity index is 989. The molecule has 0 saturated carbocycles. The molecule has 2 rings (SSSR count). The summed E-state index contributed by atoms with van der Waals surface area (Å²) in [5.74, 6) is -0.549. The van der Waals surface area contributed by atoms with E-state index < -0.39 is 22.5 Å². The standard InChI is InChI=1S/C21H26ClN3O3S/c1-16(14-21(2,3)17-10-6-5-7-11-17)23-24-20(26)15-25(29(4,27)28)19-13-9-8-12-18(19)22/h5-13H,14-15H2,1-4H3,(H,24,26)/b23-16-. The number of carbonyl (C=O) groups excluding carboxylic acids is 1. The molecular weight excluding hydrogens is 410 g/mol. The number of carbonyl (C=O) groups is 1. The molecule has 0 aliphatic rings. The third kappa shape index (κ3) is 6.58. The molecule has 6 nitrogen and oxygen atoms in total. The van der Waals surface area contributed by atoms with Crippen molar-refractivity contribution in [2.45, 2.75) is 32.6 Å². The monoisotopic (exact) mass is 435 g/mol. The molecule has 0 heterocycles. The zero-order chi connectivity index (χ0) is 21.7. The van der Waals surface area contributed by atoms with Crippen molar-refractivity contribution in [2.24, 2.45) is 5.10 Å². The minimum absolute atomic E-state index is 0.157. The van der Waals surface area contributed by atoms with Crippen molar-refractivity contribution in [3.63, 3.8) is 0 Å². The molecule has 0 fully saturated rings. The zero-order valence-electron chi connectivity index (χ0n) is 17.0. The minimum Gasteiger partial charge on any atom is -0.271 e. The van der Waals surface area contributed by atoms with Crippen LogP contribution in [0.25, 0.3) is 0 Å². The molecule has 0 saturated heterocycles. The van der Waals surface area contributed by atoms with E-state index in [0.29, 0.717) is 6.42 Å². The van der Waals surface area contributed by atoms with Crippen LogP contribution in [0.5, 0.6) is 0 Å². The topological polar surface area (TPSA) is 78.8 Å². The molecule has 8 heteroatoms. The van der Waals surface area contributed by atoms with Crippen molar-refractivity contribution in [2.75, 3.05) is 17.1 Å². The molecular formula is C21H26ClN3O3S. The van der Waals surface area contributed by atoms with E-state index in [1.807, 2.05) is 25.1 Å². The first-order chi connectivity index (χ1) is 13.5. The summed E-state index contributed by atoms with van der Waals surface area (Å²) in [7, 11) is -3.70. The van der Waals surface area contributed by atoms with Crippen LogP contribution in [0.3, 0.4) is 0 Å². The van der Waals surface area contributed by atoms with Gasteiger partial charge in [-0.05, 0) is 36.5 Å². The number of amides is 1. The van der Waals surface area contributed by atoms with Gasteiger partial charge < -0.3 is 0 Å². The summed E-state index contributed by atoms with van der Waals surface area (Å²) in [6, 6.07) is 16.5. The number of sulfonamides is 1. The van der Waals surface area contributed by atoms with Crippen molar-refractivity contribution in [1.29, 1.82) is 0 Å². The number of nitrogens with zero attached hydrogens (tertiary/aromatic N) is 2. The SMILES string of the molecule is C/C(CC(C)(C)c1ccccc1)=N/NC(=O)CN(c1ccccc1Cl)S(C)(=O)=O. The second kappa shape index (κ2) is 9.41. The van der Waals surface area contributed by atoms with Crippen molar-refractivity contribution < 1.29 is 13.2 Å². The van der Waals surface area contributed by atoms with Crippen LogP contribution in [0.1, 0.15) is 32.8 Å². The summed E-state index contributed by atoms with van der Waals surface area (Å²) in [4.78, 5) is 12.4. The molecule has 2 aromatic carbocycles. The van der Waals surface area contributed by atoms with E-state index in [-0.39, 0.29) is 16.1 Å². The molecule has 0 unspecified atom stereocenters. The van der Waals surface area contributed by atoms with E-state index in [4.69, 9.17) is 11.6 Å². The summed E-state index contributed by atoms with van der Waals surface area (Å²) in [6.45, 7) is 5.62. The van der Waals surface area contributed by atoms with Crippen LogP contribution >= 0.6 is 11.6 Å². The number of hydrogen-bond donors (Lipinski definition) is 1. The molecule has 0 bridgehead atoms. The van der Waals surface area contributed by atoms with E-state index >= 15 is 0 Å². The third-order valence-corrected chi connectivity index (χ3v) is 5.88. The summed E-state index contributed by atoms with van der Waals surface area (Å²) in [6.07, 6.45) is 1.66. The molecule has 2 aromatic rings. The Morgan fingerprint density at radius 3 is 2.28 bits per heavy atom. The summed E-state index contributed by atoms with van der Waals surface area (Å²) >= 11 is 6.10. The molecule has 0 aliphatic heterocycles. The Morgan fingerprint density at radius 2 is 1.69 bits per heavy atom. The number of hydrogen-bond acceptors (Lipinski definition) is 4. The number of hydrazone groups is 1. The number of halogens is 1. The number of para-hydroxylation sites is 1. The highest BCUT2D eigenvalue weighted by Crippen LogP contribution is 2.28. The van der Waals surface area contributed by atoms with Crippen LogP contribution in [0, 0.1) is 0 Å². The molecule has 0 aromatic heterocycles. The van der Waals surface area contributed by atoms with Crippen LogP contribution in [-0.2, 0) is 20.2 Å². The van der Waals surface area contributed by atoms with Crippen LogP contribution in [0.2, 0.25) is 5.02 Å². The maximum atomic E-state index is 12.4. The molecule has 0 radical (unpaired) electrons. The number of benzene rings is 2. The molecule has 0 atom stereocenters. The van der Waals surface area contributed by atoms with Gasteiger partial charge >= 0.3 is 0 Å². The van der Waals surface area contributed by atoms with Crippen molar-refractivity contribution in [3.05, 3.63) is 65.2 Å². The Balaban J connectivity index is 2.07. The Labute approximate surface area is 177 Å². The Kier molecular flexibility index (Phi) is 7.43. The Hall–Kier alpha value is -2.38. The van der Waals surface area contributed by atoms with Crippen LogP contribution in [0.4, 0.5) is 5.69 Å². The van der Waals surface area contributed by atoms with Gasteiger partial charge in [0.05, 0.1) is 17.0 Å². The van der Waals surface area contributed by atoms with E-state index in [2.05, 4.69) is 36.5 Å². The lowest BCUT2D eigenvalue weighted by Crippen LogP contribution is -2.39.